The van der Waals surface area contributed by atoms with Crippen LogP contribution in [0.4, 0.5) is 5.82 Å². The first-order valence-electron chi connectivity index (χ1n) is 3.20. The standard InChI is InChI=1S/C6H11N5/c1-9-6-4(5(7)8)10-3-11(6)2/h3,9H,1-2H3,(H3,7,8). The second kappa shape index (κ2) is 2.61. The molecule has 0 bridgehead atoms. The lowest BCUT2D eigenvalue weighted by Crippen LogP contribution is -2.14. The van der Waals surface area contributed by atoms with E-state index in [1.54, 1.807) is 17.9 Å². The van der Waals surface area contributed by atoms with Crippen LogP contribution in [0.25, 0.3) is 0 Å². The molecule has 0 aliphatic heterocycles. The summed E-state index contributed by atoms with van der Waals surface area (Å²) in [5.41, 5.74) is 5.77. The number of aryl methyl sites for hydroxylation is 1. The fraction of sp³-hybridized carbons (Fsp3) is 0.333. The molecule has 0 aliphatic carbocycles. The van der Waals surface area contributed by atoms with E-state index in [0.717, 1.165) is 5.82 Å². The maximum atomic E-state index is 7.15. The Labute approximate surface area is 64.7 Å². The van der Waals surface area contributed by atoms with Crippen molar-refractivity contribution in [3.8, 4) is 0 Å². The zero-order valence-electron chi connectivity index (χ0n) is 6.55. The van der Waals surface area contributed by atoms with Crippen LogP contribution in [0.15, 0.2) is 6.33 Å². The van der Waals surface area contributed by atoms with Crippen molar-refractivity contribution in [1.82, 2.24) is 9.55 Å². The highest BCUT2D eigenvalue weighted by atomic mass is 15.1. The molecule has 0 fully saturated rings. The van der Waals surface area contributed by atoms with Gasteiger partial charge >= 0.3 is 0 Å². The summed E-state index contributed by atoms with van der Waals surface area (Å²) < 4.78 is 1.77. The molecule has 1 rings (SSSR count). The van der Waals surface area contributed by atoms with Crippen LogP contribution in [0.3, 0.4) is 0 Å². The summed E-state index contributed by atoms with van der Waals surface area (Å²) in [6.45, 7) is 0. The molecule has 0 aromatic carbocycles. The van der Waals surface area contributed by atoms with Crippen molar-refractivity contribution in [2.24, 2.45) is 12.8 Å². The topological polar surface area (TPSA) is 79.7 Å². The Balaban J connectivity index is 3.15. The number of hydrogen-bond donors (Lipinski definition) is 3. The van der Waals surface area contributed by atoms with Crippen LogP contribution in [0, 0.1) is 5.41 Å². The Bertz CT molecular complexity index is 275. The van der Waals surface area contributed by atoms with Gasteiger partial charge in [0.25, 0.3) is 0 Å². The van der Waals surface area contributed by atoms with Gasteiger partial charge in [-0.15, -0.1) is 0 Å². The van der Waals surface area contributed by atoms with Crippen molar-refractivity contribution in [2.75, 3.05) is 12.4 Å². The number of rotatable bonds is 2. The van der Waals surface area contributed by atoms with Gasteiger partial charge in [-0.05, 0) is 0 Å². The fourth-order valence-electron chi connectivity index (χ4n) is 0.922. The zero-order valence-corrected chi connectivity index (χ0v) is 6.55. The van der Waals surface area contributed by atoms with Crippen molar-refractivity contribution in [1.29, 1.82) is 5.41 Å². The van der Waals surface area contributed by atoms with Crippen molar-refractivity contribution in [2.45, 2.75) is 0 Å². The highest BCUT2D eigenvalue weighted by molar-refractivity contribution is 5.97. The minimum atomic E-state index is -0.0186. The molecule has 11 heavy (non-hydrogen) atoms. The maximum absolute atomic E-state index is 7.15. The normalized spacial score (nSPS) is 9.64. The van der Waals surface area contributed by atoms with Gasteiger partial charge in [-0.1, -0.05) is 0 Å². The third-order valence-electron chi connectivity index (χ3n) is 1.43. The number of anilines is 1. The summed E-state index contributed by atoms with van der Waals surface area (Å²) in [6.07, 6.45) is 1.61. The average Bonchev–Trinajstić information content (AvgIpc) is 2.30. The van der Waals surface area contributed by atoms with Crippen LogP contribution in [0.5, 0.6) is 0 Å². The second-order valence-electron chi connectivity index (χ2n) is 2.22. The molecule has 0 saturated carbocycles. The molecule has 4 N–H and O–H groups in total. The number of imidazole rings is 1. The van der Waals surface area contributed by atoms with E-state index in [-0.39, 0.29) is 5.84 Å². The third-order valence-corrected chi connectivity index (χ3v) is 1.43. The first kappa shape index (κ1) is 7.59. The Morgan fingerprint density at radius 1 is 1.82 bits per heavy atom. The highest BCUT2D eigenvalue weighted by Gasteiger charge is 2.08. The zero-order chi connectivity index (χ0) is 8.43. The molecule has 1 aromatic rings. The molecule has 5 heteroatoms. The summed E-state index contributed by atoms with van der Waals surface area (Å²) in [4.78, 5) is 3.94. The molecule has 60 valence electrons. The number of nitrogens with zero attached hydrogens (tertiary/aromatic N) is 2. The molecule has 0 saturated heterocycles. The van der Waals surface area contributed by atoms with Crippen LogP contribution in [-0.2, 0) is 7.05 Å². The van der Waals surface area contributed by atoms with Gasteiger partial charge in [-0.2, -0.15) is 0 Å². The van der Waals surface area contributed by atoms with Gasteiger partial charge in [0.05, 0.1) is 6.33 Å². The molecule has 0 amide bonds. The van der Waals surface area contributed by atoms with Gasteiger partial charge in [-0.3, -0.25) is 5.41 Å². The Morgan fingerprint density at radius 3 is 2.82 bits per heavy atom. The van der Waals surface area contributed by atoms with Crippen molar-refractivity contribution >= 4 is 11.7 Å². The molecule has 0 unspecified atom stereocenters. The monoisotopic (exact) mass is 153 g/mol. The van der Waals surface area contributed by atoms with Gasteiger partial charge in [0.1, 0.15) is 17.3 Å². The largest absolute Gasteiger partial charge is 0.382 e. The minimum Gasteiger partial charge on any atom is -0.382 e. The van der Waals surface area contributed by atoms with E-state index in [2.05, 4.69) is 10.3 Å². The summed E-state index contributed by atoms with van der Waals surface area (Å²) in [5.74, 6) is 0.743. The van der Waals surface area contributed by atoms with Crippen LogP contribution >= 0.6 is 0 Å². The first-order valence-corrected chi connectivity index (χ1v) is 3.20. The van der Waals surface area contributed by atoms with E-state index in [1.165, 1.54) is 0 Å². The lowest BCUT2D eigenvalue weighted by atomic mass is 10.4. The average molecular weight is 153 g/mol. The number of nitrogens with one attached hydrogen (secondary N) is 2. The van der Waals surface area contributed by atoms with Crippen LogP contribution in [-0.4, -0.2) is 22.4 Å². The fourth-order valence-corrected chi connectivity index (χ4v) is 0.922. The van der Waals surface area contributed by atoms with E-state index in [4.69, 9.17) is 11.1 Å². The van der Waals surface area contributed by atoms with E-state index >= 15 is 0 Å². The first-order chi connectivity index (χ1) is 5.16. The Morgan fingerprint density at radius 2 is 2.45 bits per heavy atom. The van der Waals surface area contributed by atoms with Crippen LogP contribution in [0.1, 0.15) is 5.69 Å². The maximum Gasteiger partial charge on any atom is 0.147 e. The summed E-state index contributed by atoms with van der Waals surface area (Å²) in [5, 5.41) is 10.1. The molecule has 0 aliphatic rings. The van der Waals surface area contributed by atoms with Gasteiger partial charge < -0.3 is 15.6 Å². The molecule has 5 nitrogen and oxygen atoms in total. The Hall–Kier alpha value is -1.52. The summed E-state index contributed by atoms with van der Waals surface area (Å²) >= 11 is 0. The third kappa shape index (κ3) is 1.17. The number of aromatic nitrogens is 2. The van der Waals surface area contributed by atoms with Crippen molar-refractivity contribution in [3.63, 3.8) is 0 Å². The van der Waals surface area contributed by atoms with E-state index in [0.29, 0.717) is 5.69 Å². The Kier molecular flexibility index (Phi) is 1.80. The predicted molar refractivity (Wildman–Crippen MR) is 43.8 cm³/mol. The molecule has 1 heterocycles. The number of nitrogens with two attached hydrogens (primary N) is 1. The SMILES string of the molecule is CNc1c(C(=N)N)ncn1C. The van der Waals surface area contributed by atoms with Gasteiger partial charge in [0.15, 0.2) is 0 Å². The van der Waals surface area contributed by atoms with Crippen molar-refractivity contribution in [3.05, 3.63) is 12.0 Å². The predicted octanol–water partition coefficient (Wildman–Crippen LogP) is -0.254. The number of hydrogen-bond acceptors (Lipinski definition) is 3. The van der Waals surface area contributed by atoms with E-state index in [1.807, 2.05) is 7.05 Å². The number of amidine groups is 1. The van der Waals surface area contributed by atoms with E-state index < -0.39 is 0 Å². The smallest absolute Gasteiger partial charge is 0.147 e. The quantitative estimate of drug-likeness (QED) is 0.404. The molecule has 0 spiro atoms. The lowest BCUT2D eigenvalue weighted by Gasteiger charge is -2.02. The van der Waals surface area contributed by atoms with E-state index in [9.17, 15) is 0 Å². The highest BCUT2D eigenvalue weighted by Crippen LogP contribution is 2.09. The lowest BCUT2D eigenvalue weighted by molar-refractivity contribution is 0.918. The number of nitrogen functional groups attached to an aromatic ring is 1. The van der Waals surface area contributed by atoms with Crippen LogP contribution < -0.4 is 11.1 Å². The van der Waals surface area contributed by atoms with Crippen LogP contribution in [0.2, 0.25) is 0 Å². The molecular formula is C6H11N5. The minimum absolute atomic E-state index is 0.0186. The van der Waals surface area contributed by atoms with Crippen molar-refractivity contribution < 1.29 is 0 Å². The summed E-state index contributed by atoms with van der Waals surface area (Å²) in [6, 6.07) is 0. The molecule has 1 aromatic heterocycles. The summed E-state index contributed by atoms with van der Waals surface area (Å²) in [7, 11) is 3.61. The molecule has 0 radical (unpaired) electrons. The second-order valence-corrected chi connectivity index (χ2v) is 2.22. The van der Waals surface area contributed by atoms with Gasteiger partial charge in [0, 0.05) is 14.1 Å². The van der Waals surface area contributed by atoms with Gasteiger partial charge in [-0.25, -0.2) is 4.98 Å². The van der Waals surface area contributed by atoms with Gasteiger partial charge in [0.2, 0.25) is 0 Å². The molecule has 0 atom stereocenters. The molecular weight excluding hydrogens is 142 g/mol.